The fourth-order valence-corrected chi connectivity index (χ4v) is 3.18. The van der Waals surface area contributed by atoms with Gasteiger partial charge in [-0.3, -0.25) is 4.79 Å². The highest BCUT2D eigenvalue weighted by molar-refractivity contribution is 5.99. The highest BCUT2D eigenvalue weighted by atomic mass is 19.1. The molecule has 0 spiro atoms. The molecule has 0 bridgehead atoms. The lowest BCUT2D eigenvalue weighted by atomic mass is 10.0. The number of fused-ring (bicyclic) bond motifs is 1. The van der Waals surface area contributed by atoms with Gasteiger partial charge in [-0.25, -0.2) is 4.39 Å². The predicted molar refractivity (Wildman–Crippen MR) is 80.9 cm³/mol. The van der Waals surface area contributed by atoms with E-state index in [1.165, 1.54) is 12.1 Å². The molecule has 1 saturated carbocycles. The minimum Gasteiger partial charge on any atom is -0.488 e. The van der Waals surface area contributed by atoms with Crippen molar-refractivity contribution in [1.82, 2.24) is 4.90 Å². The lowest BCUT2D eigenvalue weighted by Crippen LogP contribution is -2.36. The van der Waals surface area contributed by atoms with Crippen molar-refractivity contribution in [2.45, 2.75) is 25.4 Å². The van der Waals surface area contributed by atoms with Gasteiger partial charge in [0.05, 0.1) is 11.7 Å². The lowest BCUT2D eigenvalue weighted by molar-refractivity contribution is -0.127. The van der Waals surface area contributed by atoms with Gasteiger partial charge >= 0.3 is 0 Å². The number of rotatable bonds is 3. The second-order valence-corrected chi connectivity index (χ2v) is 6.08. The summed E-state index contributed by atoms with van der Waals surface area (Å²) in [6, 6.07) is 4.27. The molecule has 1 heterocycles. The molecule has 4 nitrogen and oxygen atoms in total. The summed E-state index contributed by atoms with van der Waals surface area (Å²) >= 11 is 0. The van der Waals surface area contributed by atoms with Crippen LogP contribution in [0.5, 0.6) is 5.75 Å². The van der Waals surface area contributed by atoms with Crippen LogP contribution in [0.2, 0.25) is 0 Å². The van der Waals surface area contributed by atoms with Gasteiger partial charge in [0.1, 0.15) is 18.2 Å². The monoisotopic (exact) mass is 305 g/mol. The number of aliphatic hydroxyl groups is 1. The molecule has 1 amide bonds. The van der Waals surface area contributed by atoms with Crippen LogP contribution in [0.3, 0.4) is 0 Å². The number of aliphatic hydroxyl groups excluding tert-OH is 1. The molecule has 1 aliphatic heterocycles. The molecule has 1 aromatic rings. The van der Waals surface area contributed by atoms with Gasteiger partial charge in [-0.2, -0.15) is 0 Å². The Balaban J connectivity index is 1.72. The summed E-state index contributed by atoms with van der Waals surface area (Å²) in [4.78, 5) is 14.1. The second-order valence-electron chi connectivity index (χ2n) is 6.08. The Bertz CT molecular complexity index is 614. The molecule has 0 saturated heterocycles. The van der Waals surface area contributed by atoms with Crippen LogP contribution in [0.25, 0.3) is 6.08 Å². The molecule has 2 aliphatic rings. The highest BCUT2D eigenvalue weighted by Crippen LogP contribution is 2.29. The van der Waals surface area contributed by atoms with Gasteiger partial charge < -0.3 is 14.7 Å². The predicted octanol–water partition coefficient (Wildman–Crippen LogP) is 2.22. The van der Waals surface area contributed by atoms with Crippen molar-refractivity contribution in [2.75, 3.05) is 20.2 Å². The maximum atomic E-state index is 13.3. The van der Waals surface area contributed by atoms with Crippen molar-refractivity contribution in [2.24, 2.45) is 5.92 Å². The quantitative estimate of drug-likeness (QED) is 0.931. The van der Waals surface area contributed by atoms with Crippen molar-refractivity contribution in [3.05, 3.63) is 35.2 Å². The minimum absolute atomic E-state index is 0.131. The maximum Gasteiger partial charge on any atom is 0.253 e. The molecule has 5 heteroatoms. The van der Waals surface area contributed by atoms with Crippen LogP contribution < -0.4 is 4.74 Å². The van der Waals surface area contributed by atoms with E-state index in [9.17, 15) is 14.3 Å². The summed E-state index contributed by atoms with van der Waals surface area (Å²) in [5, 5.41) is 9.87. The summed E-state index contributed by atoms with van der Waals surface area (Å²) in [5.74, 6) is 0.249. The highest BCUT2D eigenvalue weighted by Gasteiger charge is 2.29. The van der Waals surface area contributed by atoms with Crippen LogP contribution >= 0.6 is 0 Å². The molecule has 0 radical (unpaired) electrons. The van der Waals surface area contributed by atoms with Gasteiger partial charge in [0.2, 0.25) is 0 Å². The van der Waals surface area contributed by atoms with Gasteiger partial charge in [-0.1, -0.05) is 6.42 Å². The third-order valence-electron chi connectivity index (χ3n) is 4.43. The van der Waals surface area contributed by atoms with Gasteiger partial charge in [-0.15, -0.1) is 0 Å². The summed E-state index contributed by atoms with van der Waals surface area (Å²) < 4.78 is 18.8. The first-order valence-electron chi connectivity index (χ1n) is 7.61. The molecule has 0 aromatic heterocycles. The van der Waals surface area contributed by atoms with Crippen LogP contribution in [0.15, 0.2) is 23.8 Å². The normalized spacial score (nSPS) is 23.5. The SMILES string of the molecule is CN(CC1CCCC1O)C(=O)C1=Cc2cc(F)ccc2OC1. The number of carbonyl (C=O) groups is 1. The Morgan fingerprint density at radius 2 is 2.27 bits per heavy atom. The number of hydrogen-bond acceptors (Lipinski definition) is 3. The second kappa shape index (κ2) is 6.08. The van der Waals surface area contributed by atoms with Crippen LogP contribution in [-0.4, -0.2) is 42.2 Å². The third kappa shape index (κ3) is 2.99. The Hall–Kier alpha value is -1.88. The molecular weight excluding hydrogens is 285 g/mol. The summed E-state index contributed by atoms with van der Waals surface area (Å²) in [7, 11) is 1.73. The summed E-state index contributed by atoms with van der Waals surface area (Å²) in [6.45, 7) is 0.725. The van der Waals surface area contributed by atoms with E-state index in [0.717, 1.165) is 19.3 Å². The number of hydrogen-bond donors (Lipinski definition) is 1. The Morgan fingerprint density at radius 1 is 1.45 bits per heavy atom. The standard InChI is InChI=1S/C17H20FNO3/c1-19(9-11-3-2-4-15(11)20)17(21)13-7-12-8-14(18)5-6-16(12)22-10-13/h5-8,11,15,20H,2-4,9-10H2,1H3. The minimum atomic E-state index is -0.352. The zero-order chi connectivity index (χ0) is 15.7. The van der Waals surface area contributed by atoms with Gasteiger partial charge in [-0.05, 0) is 37.1 Å². The molecule has 2 atom stereocenters. The maximum absolute atomic E-state index is 13.3. The number of likely N-dealkylation sites (N-methyl/N-ethyl adjacent to an activating group) is 1. The molecule has 22 heavy (non-hydrogen) atoms. The zero-order valence-electron chi connectivity index (χ0n) is 12.6. The number of nitrogens with zero attached hydrogens (tertiary/aromatic N) is 1. The average Bonchev–Trinajstić information content (AvgIpc) is 2.90. The summed E-state index contributed by atoms with van der Waals surface area (Å²) in [6.07, 6.45) is 4.13. The Kier molecular flexibility index (Phi) is 4.16. The summed E-state index contributed by atoms with van der Waals surface area (Å²) in [5.41, 5.74) is 1.09. The first kappa shape index (κ1) is 15.0. The Morgan fingerprint density at radius 3 is 3.00 bits per heavy atom. The van der Waals surface area contributed by atoms with Crippen LogP contribution in [0.4, 0.5) is 4.39 Å². The molecule has 1 fully saturated rings. The number of carbonyl (C=O) groups excluding carboxylic acids is 1. The van der Waals surface area contributed by atoms with E-state index in [1.807, 2.05) is 0 Å². The third-order valence-corrected chi connectivity index (χ3v) is 4.43. The van der Waals surface area contributed by atoms with E-state index in [0.29, 0.717) is 23.4 Å². The van der Waals surface area contributed by atoms with Crippen LogP contribution in [0, 0.1) is 11.7 Å². The van der Waals surface area contributed by atoms with Crippen LogP contribution in [-0.2, 0) is 4.79 Å². The van der Waals surface area contributed by atoms with Crippen molar-refractivity contribution >= 4 is 12.0 Å². The van der Waals surface area contributed by atoms with Gasteiger partial charge in [0, 0.05) is 25.1 Å². The van der Waals surface area contributed by atoms with Gasteiger partial charge in [0.15, 0.2) is 0 Å². The molecule has 118 valence electrons. The number of amides is 1. The van der Waals surface area contributed by atoms with Crippen molar-refractivity contribution in [1.29, 1.82) is 0 Å². The van der Waals surface area contributed by atoms with Crippen molar-refractivity contribution in [3.63, 3.8) is 0 Å². The topological polar surface area (TPSA) is 49.8 Å². The van der Waals surface area contributed by atoms with Crippen molar-refractivity contribution < 1.29 is 19.0 Å². The van der Waals surface area contributed by atoms with E-state index < -0.39 is 0 Å². The molecule has 1 N–H and O–H groups in total. The smallest absolute Gasteiger partial charge is 0.253 e. The lowest BCUT2D eigenvalue weighted by Gasteiger charge is -2.26. The fraction of sp³-hybridized carbons (Fsp3) is 0.471. The van der Waals surface area contributed by atoms with E-state index in [-0.39, 0.29) is 30.4 Å². The first-order chi connectivity index (χ1) is 10.5. The van der Waals surface area contributed by atoms with E-state index in [4.69, 9.17) is 4.74 Å². The molecule has 2 unspecified atom stereocenters. The number of ether oxygens (including phenoxy) is 1. The Labute approximate surface area is 129 Å². The molecule has 1 aromatic carbocycles. The number of benzene rings is 1. The first-order valence-corrected chi connectivity index (χ1v) is 7.61. The van der Waals surface area contributed by atoms with E-state index in [1.54, 1.807) is 24.1 Å². The molecule has 1 aliphatic carbocycles. The van der Waals surface area contributed by atoms with E-state index in [2.05, 4.69) is 0 Å². The zero-order valence-corrected chi connectivity index (χ0v) is 12.6. The van der Waals surface area contributed by atoms with E-state index >= 15 is 0 Å². The van der Waals surface area contributed by atoms with Gasteiger partial charge in [0.25, 0.3) is 5.91 Å². The van der Waals surface area contributed by atoms with Crippen LogP contribution in [0.1, 0.15) is 24.8 Å². The number of halogens is 1. The fourth-order valence-electron chi connectivity index (χ4n) is 3.18. The van der Waals surface area contributed by atoms with Crippen molar-refractivity contribution in [3.8, 4) is 5.75 Å². The molecular formula is C17H20FNO3. The largest absolute Gasteiger partial charge is 0.488 e. The molecule has 3 rings (SSSR count). The average molecular weight is 305 g/mol.